The van der Waals surface area contributed by atoms with Crippen LogP contribution in [-0.2, 0) is 11.2 Å². The Morgan fingerprint density at radius 1 is 1.20 bits per heavy atom. The molecule has 0 aliphatic rings. The van der Waals surface area contributed by atoms with Crippen molar-refractivity contribution >= 4 is 5.97 Å². The van der Waals surface area contributed by atoms with E-state index in [-0.39, 0.29) is 0 Å². The fraction of sp³-hybridized carbons (Fsp3) is 0.562. The zero-order valence-corrected chi connectivity index (χ0v) is 12.3. The molecule has 0 fully saturated rings. The van der Waals surface area contributed by atoms with Gasteiger partial charge in [-0.25, -0.2) is 0 Å². The number of aliphatic carboxylic acids is 1. The molecule has 0 aliphatic carbocycles. The van der Waals surface area contributed by atoms with E-state index in [1.54, 1.807) is 13.8 Å². The van der Waals surface area contributed by atoms with Gasteiger partial charge < -0.3 is 10.2 Å². The monoisotopic (exact) mass is 279 g/mol. The Morgan fingerprint density at radius 3 is 2.40 bits per heavy atom. The van der Waals surface area contributed by atoms with Crippen LogP contribution in [0.15, 0.2) is 30.3 Å². The molecule has 0 saturated carbocycles. The van der Waals surface area contributed by atoms with Gasteiger partial charge in [0.05, 0.1) is 12.0 Å². The van der Waals surface area contributed by atoms with Crippen LogP contribution in [-0.4, -0.2) is 46.8 Å². The van der Waals surface area contributed by atoms with E-state index >= 15 is 0 Å². The lowest BCUT2D eigenvalue weighted by Crippen LogP contribution is -2.37. The molecule has 0 bridgehead atoms. The molecule has 20 heavy (non-hydrogen) atoms. The fourth-order valence-corrected chi connectivity index (χ4v) is 2.25. The molecule has 4 heteroatoms. The average Bonchev–Trinajstić information content (AvgIpc) is 2.39. The fourth-order valence-electron chi connectivity index (χ4n) is 2.25. The maximum atomic E-state index is 10.9. The summed E-state index contributed by atoms with van der Waals surface area (Å²) in [5, 5.41) is 18.5. The van der Waals surface area contributed by atoms with Crippen molar-refractivity contribution in [2.45, 2.75) is 32.8 Å². The molecule has 0 amide bonds. The van der Waals surface area contributed by atoms with Crippen LogP contribution in [0.4, 0.5) is 0 Å². The van der Waals surface area contributed by atoms with E-state index in [0.717, 1.165) is 19.4 Å². The second kappa shape index (κ2) is 8.72. The third-order valence-electron chi connectivity index (χ3n) is 3.26. The number of hydrogen-bond acceptors (Lipinski definition) is 3. The zero-order chi connectivity index (χ0) is 15.0. The van der Waals surface area contributed by atoms with Crippen LogP contribution in [0.3, 0.4) is 0 Å². The van der Waals surface area contributed by atoms with E-state index in [2.05, 4.69) is 12.1 Å². The summed E-state index contributed by atoms with van der Waals surface area (Å²) in [6.45, 7) is 5.24. The number of aliphatic hydroxyl groups excluding tert-OH is 1. The first-order valence-electron chi connectivity index (χ1n) is 7.16. The highest BCUT2D eigenvalue weighted by Crippen LogP contribution is 2.07. The average molecular weight is 279 g/mol. The molecular formula is C16H25NO3. The second-order valence-corrected chi connectivity index (χ2v) is 5.44. The number of carboxylic acid groups (broad SMARTS) is 1. The van der Waals surface area contributed by atoms with Crippen LogP contribution in [0.25, 0.3) is 0 Å². The van der Waals surface area contributed by atoms with Crippen molar-refractivity contribution in [1.82, 2.24) is 4.90 Å². The molecule has 0 aromatic heterocycles. The molecule has 2 atom stereocenters. The number of nitrogens with zero attached hydrogens (tertiary/aromatic N) is 1. The largest absolute Gasteiger partial charge is 0.481 e. The zero-order valence-electron chi connectivity index (χ0n) is 12.3. The van der Waals surface area contributed by atoms with E-state index in [1.807, 2.05) is 23.1 Å². The predicted octanol–water partition coefficient (Wildman–Crippen LogP) is 2.02. The molecule has 0 saturated heterocycles. The number of hydrogen-bond donors (Lipinski definition) is 2. The Morgan fingerprint density at radius 2 is 1.85 bits per heavy atom. The van der Waals surface area contributed by atoms with Gasteiger partial charge in [-0.3, -0.25) is 9.69 Å². The first kappa shape index (κ1) is 16.7. The maximum Gasteiger partial charge on any atom is 0.307 e. The lowest BCUT2D eigenvalue weighted by molar-refractivity contribution is -0.141. The van der Waals surface area contributed by atoms with Crippen LogP contribution in [0.2, 0.25) is 0 Å². The van der Waals surface area contributed by atoms with Crippen LogP contribution in [0, 0.1) is 5.92 Å². The van der Waals surface area contributed by atoms with Crippen molar-refractivity contribution in [3.8, 4) is 0 Å². The number of rotatable bonds is 9. The quantitative estimate of drug-likeness (QED) is 0.726. The van der Waals surface area contributed by atoms with Gasteiger partial charge in [-0.2, -0.15) is 0 Å². The van der Waals surface area contributed by atoms with Crippen molar-refractivity contribution in [3.05, 3.63) is 35.9 Å². The first-order valence-corrected chi connectivity index (χ1v) is 7.16. The normalized spacial score (nSPS) is 14.2. The summed E-state index contributed by atoms with van der Waals surface area (Å²) < 4.78 is 0. The third-order valence-corrected chi connectivity index (χ3v) is 3.26. The van der Waals surface area contributed by atoms with Crippen molar-refractivity contribution in [1.29, 1.82) is 0 Å². The number of aryl methyl sites for hydroxylation is 1. The molecule has 0 spiro atoms. The number of carbonyl (C=O) groups is 1. The van der Waals surface area contributed by atoms with Gasteiger partial charge in [0.15, 0.2) is 0 Å². The Labute approximate surface area is 121 Å². The topological polar surface area (TPSA) is 60.8 Å². The summed E-state index contributed by atoms with van der Waals surface area (Å²) in [5.74, 6) is -1.20. The van der Waals surface area contributed by atoms with Crippen molar-refractivity contribution in [3.63, 3.8) is 0 Å². The van der Waals surface area contributed by atoms with Gasteiger partial charge in [0.25, 0.3) is 0 Å². The number of carboxylic acids is 1. The smallest absolute Gasteiger partial charge is 0.307 e. The lowest BCUT2D eigenvalue weighted by atomic mass is 10.1. The van der Waals surface area contributed by atoms with Crippen LogP contribution >= 0.6 is 0 Å². The highest BCUT2D eigenvalue weighted by atomic mass is 16.4. The van der Waals surface area contributed by atoms with Gasteiger partial charge in [-0.15, -0.1) is 0 Å². The summed E-state index contributed by atoms with van der Waals surface area (Å²) in [7, 11) is 0. The molecule has 4 nitrogen and oxygen atoms in total. The van der Waals surface area contributed by atoms with Gasteiger partial charge in [0.1, 0.15) is 0 Å². The van der Waals surface area contributed by atoms with Gasteiger partial charge in [-0.1, -0.05) is 37.3 Å². The van der Waals surface area contributed by atoms with Crippen molar-refractivity contribution in [2.24, 2.45) is 5.92 Å². The second-order valence-electron chi connectivity index (χ2n) is 5.44. The number of aliphatic hydroxyl groups is 1. The lowest BCUT2D eigenvalue weighted by Gasteiger charge is -2.25. The Bertz CT molecular complexity index is 392. The Balaban J connectivity index is 2.42. The standard InChI is InChI=1S/C16H25NO3/c1-13(16(19)20)11-17(12-14(2)18)10-6-9-15-7-4-3-5-8-15/h3-5,7-8,13-14,18H,6,9-12H2,1-2H3,(H,19,20). The molecule has 112 valence electrons. The summed E-state index contributed by atoms with van der Waals surface area (Å²) in [6, 6.07) is 10.2. The molecule has 0 aliphatic heterocycles. The summed E-state index contributed by atoms with van der Waals surface area (Å²) in [5.41, 5.74) is 1.29. The SMILES string of the molecule is CC(O)CN(CCCc1ccccc1)CC(C)C(=O)O. The molecule has 2 unspecified atom stereocenters. The molecule has 0 radical (unpaired) electrons. The Hall–Kier alpha value is -1.39. The molecular weight excluding hydrogens is 254 g/mol. The highest BCUT2D eigenvalue weighted by molar-refractivity contribution is 5.69. The van der Waals surface area contributed by atoms with Crippen LogP contribution in [0.1, 0.15) is 25.8 Å². The van der Waals surface area contributed by atoms with Gasteiger partial charge in [0, 0.05) is 13.1 Å². The highest BCUT2D eigenvalue weighted by Gasteiger charge is 2.17. The van der Waals surface area contributed by atoms with E-state index < -0.39 is 18.0 Å². The third kappa shape index (κ3) is 6.68. The predicted molar refractivity (Wildman–Crippen MR) is 79.7 cm³/mol. The minimum Gasteiger partial charge on any atom is -0.481 e. The van der Waals surface area contributed by atoms with Gasteiger partial charge in [-0.05, 0) is 31.9 Å². The van der Waals surface area contributed by atoms with E-state index in [9.17, 15) is 9.90 Å². The van der Waals surface area contributed by atoms with E-state index in [4.69, 9.17) is 5.11 Å². The molecule has 2 N–H and O–H groups in total. The Kier molecular flexibility index (Phi) is 7.26. The first-order chi connectivity index (χ1) is 9.49. The van der Waals surface area contributed by atoms with Gasteiger partial charge in [0.2, 0.25) is 0 Å². The van der Waals surface area contributed by atoms with Crippen LogP contribution < -0.4 is 0 Å². The maximum absolute atomic E-state index is 10.9. The summed E-state index contributed by atoms with van der Waals surface area (Å²) in [6.07, 6.45) is 1.49. The minimum absolute atomic E-state index is 0.412. The number of benzene rings is 1. The molecule has 1 aromatic carbocycles. The van der Waals surface area contributed by atoms with Crippen LogP contribution in [0.5, 0.6) is 0 Å². The van der Waals surface area contributed by atoms with E-state index in [0.29, 0.717) is 13.1 Å². The van der Waals surface area contributed by atoms with Crippen molar-refractivity contribution < 1.29 is 15.0 Å². The minimum atomic E-state index is -0.788. The molecule has 1 rings (SSSR count). The van der Waals surface area contributed by atoms with Crippen molar-refractivity contribution in [2.75, 3.05) is 19.6 Å². The summed E-state index contributed by atoms with van der Waals surface area (Å²) in [4.78, 5) is 13.0. The van der Waals surface area contributed by atoms with Gasteiger partial charge >= 0.3 is 5.97 Å². The molecule has 1 aromatic rings. The summed E-state index contributed by atoms with van der Waals surface area (Å²) >= 11 is 0. The van der Waals surface area contributed by atoms with E-state index in [1.165, 1.54) is 5.56 Å². The molecule has 0 heterocycles.